The minimum absolute atomic E-state index is 0.139. The Balaban J connectivity index is 1.35. The summed E-state index contributed by atoms with van der Waals surface area (Å²) in [5, 5.41) is 17.4. The molecule has 14 heteroatoms. The average Bonchev–Trinajstić information content (AvgIpc) is 3.58. The van der Waals surface area contributed by atoms with Gasteiger partial charge in [0, 0.05) is 85.6 Å². The minimum atomic E-state index is -0.997. The molecule has 0 radical (unpaired) electrons. The van der Waals surface area contributed by atoms with Crippen molar-refractivity contribution < 1.29 is 14.7 Å². The Labute approximate surface area is 226 Å². The van der Waals surface area contributed by atoms with E-state index in [1.165, 1.54) is 0 Å². The molecule has 3 fully saturated rings. The second kappa shape index (κ2) is 11.3. The highest BCUT2D eigenvalue weighted by molar-refractivity contribution is 7.17. The number of carboxylic acid groups (broad SMARTS) is 1. The van der Waals surface area contributed by atoms with Crippen molar-refractivity contribution in [2.24, 2.45) is 0 Å². The highest BCUT2D eigenvalue weighted by Crippen LogP contribution is 2.28. The van der Waals surface area contributed by atoms with Crippen LogP contribution in [0.5, 0.6) is 0 Å². The number of hydrogen-bond donors (Lipinski definition) is 2. The molecule has 3 aliphatic heterocycles. The van der Waals surface area contributed by atoms with Crippen molar-refractivity contribution >= 4 is 46.1 Å². The van der Waals surface area contributed by atoms with Gasteiger partial charge >= 0.3 is 12.0 Å². The molecule has 0 bridgehead atoms. The summed E-state index contributed by atoms with van der Waals surface area (Å²) >= 11 is 1.07. The summed E-state index contributed by atoms with van der Waals surface area (Å²) in [5.41, 5.74) is 0.458. The molecule has 5 heterocycles. The smallest absolute Gasteiger partial charge is 0.347 e. The fraction of sp³-hybridized carbons (Fsp3) is 0.625. The molecular formula is C24H36N10O3S. The molecule has 0 aliphatic carbocycles. The molecule has 3 saturated heterocycles. The van der Waals surface area contributed by atoms with Crippen molar-refractivity contribution in [3.63, 3.8) is 0 Å². The molecule has 0 aromatic carbocycles. The lowest BCUT2D eigenvalue weighted by Gasteiger charge is -2.39. The van der Waals surface area contributed by atoms with Crippen LogP contribution in [0.3, 0.4) is 0 Å². The summed E-state index contributed by atoms with van der Waals surface area (Å²) in [6.07, 6.45) is 2.17. The summed E-state index contributed by atoms with van der Waals surface area (Å²) in [6, 6.07) is 2.16. The lowest BCUT2D eigenvalue weighted by atomic mass is 10.3. The fourth-order valence-corrected chi connectivity index (χ4v) is 5.91. The number of thiazole rings is 1. The van der Waals surface area contributed by atoms with Gasteiger partial charge in [-0.15, -0.1) is 0 Å². The highest BCUT2D eigenvalue weighted by Gasteiger charge is 2.28. The predicted molar refractivity (Wildman–Crippen MR) is 147 cm³/mol. The van der Waals surface area contributed by atoms with E-state index in [1.54, 1.807) is 6.92 Å². The lowest BCUT2D eigenvalue weighted by Crippen LogP contribution is -2.53. The third-order valence-corrected chi connectivity index (χ3v) is 8.37. The summed E-state index contributed by atoms with van der Waals surface area (Å²) in [6.45, 7) is 9.47. The Morgan fingerprint density at radius 1 is 0.868 bits per heavy atom. The Kier molecular flexibility index (Phi) is 7.81. The van der Waals surface area contributed by atoms with E-state index < -0.39 is 5.97 Å². The number of anilines is 4. The number of nitrogens with zero attached hydrogens (tertiary/aromatic N) is 9. The van der Waals surface area contributed by atoms with E-state index in [0.717, 1.165) is 75.1 Å². The summed E-state index contributed by atoms with van der Waals surface area (Å²) in [7, 11) is 4.10. The number of carbonyl (C=O) groups is 2. The second-order valence-electron chi connectivity index (χ2n) is 10.0. The van der Waals surface area contributed by atoms with Crippen molar-refractivity contribution in [2.75, 3.05) is 94.7 Å². The lowest BCUT2D eigenvalue weighted by molar-refractivity contribution is 0.0200. The topological polar surface area (TPSA) is 125 Å². The number of urea groups is 1. The van der Waals surface area contributed by atoms with Crippen LogP contribution in [0.25, 0.3) is 0 Å². The van der Waals surface area contributed by atoms with Gasteiger partial charge in [0.05, 0.1) is 5.69 Å². The van der Waals surface area contributed by atoms with Crippen LogP contribution >= 0.6 is 11.3 Å². The van der Waals surface area contributed by atoms with E-state index in [-0.39, 0.29) is 10.9 Å². The van der Waals surface area contributed by atoms with E-state index >= 15 is 0 Å². The van der Waals surface area contributed by atoms with E-state index in [1.807, 2.05) is 15.9 Å². The van der Waals surface area contributed by atoms with Gasteiger partial charge in [-0.25, -0.2) is 24.6 Å². The first-order chi connectivity index (χ1) is 18.3. The maximum absolute atomic E-state index is 12.8. The van der Waals surface area contributed by atoms with Crippen LogP contribution in [0.2, 0.25) is 0 Å². The number of hydrogen-bond acceptors (Lipinski definition) is 11. The van der Waals surface area contributed by atoms with Gasteiger partial charge in [-0.1, -0.05) is 11.3 Å². The number of likely N-dealkylation sites (tertiary alicyclic amines) is 1. The summed E-state index contributed by atoms with van der Waals surface area (Å²) < 4.78 is 0. The number of carbonyl (C=O) groups excluding carboxylic acids is 1. The van der Waals surface area contributed by atoms with Gasteiger partial charge in [0.25, 0.3) is 0 Å². The molecular weight excluding hydrogens is 508 g/mol. The van der Waals surface area contributed by atoms with Crippen molar-refractivity contribution in [3.05, 3.63) is 16.6 Å². The van der Waals surface area contributed by atoms with Crippen LogP contribution in [0.4, 0.5) is 27.5 Å². The Hall–Kier alpha value is -3.23. The molecule has 3 aliphatic rings. The summed E-state index contributed by atoms with van der Waals surface area (Å²) in [4.78, 5) is 46.8. The SMILES string of the molecule is Cc1nc(Nc2nc(N3CCN(C(=O)N4CCCC4)CC3)cc(N3CCN(N(C)C)CC3)n2)sc1C(=O)O. The monoisotopic (exact) mass is 544 g/mol. The number of nitrogens with one attached hydrogen (secondary N) is 1. The van der Waals surface area contributed by atoms with Gasteiger partial charge in [-0.05, 0) is 19.8 Å². The Bertz CT molecular complexity index is 1150. The zero-order chi connectivity index (χ0) is 26.8. The van der Waals surface area contributed by atoms with Crippen LogP contribution in [0.15, 0.2) is 6.07 Å². The third kappa shape index (κ3) is 5.76. The fourth-order valence-electron chi connectivity index (χ4n) is 5.11. The standard InChI is InChI=1S/C24H36N10O3S/c1-17-20(21(35)36)38-23(25-17)28-22-26-18(16-19(27-22)31-12-14-34(15-13-31)29(2)3)30-8-10-33(11-9-30)24(37)32-6-4-5-7-32/h16H,4-15H2,1-3H3,(H,35,36)(H,25,26,27,28). The molecule has 0 atom stereocenters. The van der Waals surface area contributed by atoms with E-state index in [4.69, 9.17) is 9.97 Å². The van der Waals surface area contributed by atoms with Gasteiger partial charge in [0.1, 0.15) is 16.5 Å². The van der Waals surface area contributed by atoms with E-state index in [0.29, 0.717) is 43.0 Å². The number of aryl methyl sites for hydroxylation is 1. The van der Waals surface area contributed by atoms with Crippen LogP contribution in [0, 0.1) is 6.92 Å². The van der Waals surface area contributed by atoms with E-state index in [2.05, 4.69) is 44.2 Å². The molecule has 5 rings (SSSR count). The van der Waals surface area contributed by atoms with Crippen molar-refractivity contribution in [1.29, 1.82) is 0 Å². The van der Waals surface area contributed by atoms with Gasteiger partial charge in [0.15, 0.2) is 5.13 Å². The first-order valence-electron chi connectivity index (χ1n) is 13.1. The molecule has 13 nitrogen and oxygen atoms in total. The van der Waals surface area contributed by atoms with Crippen LogP contribution in [-0.2, 0) is 0 Å². The zero-order valence-electron chi connectivity index (χ0n) is 22.3. The van der Waals surface area contributed by atoms with Gasteiger partial charge in [-0.3, -0.25) is 5.32 Å². The molecule has 0 spiro atoms. The van der Waals surface area contributed by atoms with Crippen LogP contribution in [-0.4, -0.2) is 131 Å². The molecule has 2 N–H and O–H groups in total. The number of amides is 2. The number of piperazine rings is 2. The quantitative estimate of drug-likeness (QED) is 0.551. The number of aromatic carboxylic acids is 1. The normalized spacial score (nSPS) is 18.9. The molecule has 2 aromatic heterocycles. The minimum Gasteiger partial charge on any atom is -0.477 e. The molecule has 206 valence electrons. The Morgan fingerprint density at radius 2 is 1.42 bits per heavy atom. The van der Waals surface area contributed by atoms with Gasteiger partial charge in [-0.2, -0.15) is 9.97 Å². The maximum Gasteiger partial charge on any atom is 0.347 e. The second-order valence-corrected chi connectivity index (χ2v) is 11.0. The molecule has 0 unspecified atom stereocenters. The third-order valence-electron chi connectivity index (χ3n) is 7.31. The average molecular weight is 545 g/mol. The highest BCUT2D eigenvalue weighted by atomic mass is 32.1. The number of carboxylic acids is 1. The zero-order valence-corrected chi connectivity index (χ0v) is 23.1. The molecule has 38 heavy (non-hydrogen) atoms. The summed E-state index contributed by atoms with van der Waals surface area (Å²) in [5.74, 6) is 0.989. The van der Waals surface area contributed by atoms with Crippen LogP contribution < -0.4 is 15.1 Å². The van der Waals surface area contributed by atoms with Gasteiger partial charge in [0.2, 0.25) is 5.95 Å². The first-order valence-corrected chi connectivity index (χ1v) is 13.9. The molecule has 2 aromatic rings. The van der Waals surface area contributed by atoms with Crippen LogP contribution in [0.1, 0.15) is 28.2 Å². The van der Waals surface area contributed by atoms with Crippen molar-refractivity contribution in [1.82, 2.24) is 34.8 Å². The largest absolute Gasteiger partial charge is 0.477 e. The van der Waals surface area contributed by atoms with E-state index in [9.17, 15) is 14.7 Å². The number of rotatable bonds is 6. The van der Waals surface area contributed by atoms with Crippen molar-refractivity contribution in [3.8, 4) is 0 Å². The predicted octanol–water partition coefficient (Wildman–Crippen LogP) is 1.62. The van der Waals surface area contributed by atoms with Gasteiger partial charge < -0.3 is 24.7 Å². The van der Waals surface area contributed by atoms with Crippen molar-refractivity contribution in [2.45, 2.75) is 19.8 Å². The first kappa shape index (κ1) is 26.4. The number of aromatic nitrogens is 3. The molecule has 0 saturated carbocycles. The Morgan fingerprint density at radius 3 is 1.95 bits per heavy atom. The molecule has 2 amide bonds. The maximum atomic E-state index is 12.8. The number of hydrazine groups is 1.